The predicted octanol–water partition coefficient (Wildman–Crippen LogP) is 5.68. The zero-order chi connectivity index (χ0) is 24.1. The number of ether oxygens (including phenoxy) is 2. The van der Waals surface area contributed by atoms with Gasteiger partial charge in [-0.05, 0) is 42.9 Å². The van der Waals surface area contributed by atoms with E-state index in [4.69, 9.17) is 9.47 Å². The van der Waals surface area contributed by atoms with Crippen molar-refractivity contribution in [1.82, 2.24) is 0 Å². The van der Waals surface area contributed by atoms with Crippen molar-refractivity contribution in [2.45, 2.75) is 84.0 Å². The summed E-state index contributed by atoms with van der Waals surface area (Å²) in [5.74, 6) is -1.06. The molecule has 0 aliphatic carbocycles. The highest BCUT2D eigenvalue weighted by Crippen LogP contribution is 2.20. The molecule has 1 rings (SSSR count). The SMILES string of the molecule is CCCCC(CC)COC(=O)c1cc(C(=O)OCC(CC)CCCC)cc(S(=O)(=O)O)c1. The van der Waals surface area contributed by atoms with E-state index in [9.17, 15) is 22.6 Å². The quantitative estimate of drug-likeness (QED) is 0.259. The Morgan fingerprint density at radius 3 is 1.53 bits per heavy atom. The Kier molecular flexibility index (Phi) is 12.5. The molecular weight excluding hydrogens is 432 g/mol. The number of rotatable bonds is 15. The smallest absolute Gasteiger partial charge is 0.338 e. The van der Waals surface area contributed by atoms with Crippen LogP contribution in [0.1, 0.15) is 99.8 Å². The Morgan fingerprint density at radius 2 is 1.22 bits per heavy atom. The Balaban J connectivity index is 3.00. The van der Waals surface area contributed by atoms with Gasteiger partial charge in [-0.15, -0.1) is 0 Å². The second-order valence-corrected chi connectivity index (χ2v) is 9.67. The maximum atomic E-state index is 12.6. The fourth-order valence-corrected chi connectivity index (χ4v) is 3.89. The van der Waals surface area contributed by atoms with Crippen LogP contribution < -0.4 is 0 Å². The molecule has 182 valence electrons. The predicted molar refractivity (Wildman–Crippen MR) is 123 cm³/mol. The number of unbranched alkanes of at least 4 members (excludes halogenated alkanes) is 2. The summed E-state index contributed by atoms with van der Waals surface area (Å²) >= 11 is 0. The van der Waals surface area contributed by atoms with E-state index in [2.05, 4.69) is 13.8 Å². The van der Waals surface area contributed by atoms with Crippen LogP contribution in [0.3, 0.4) is 0 Å². The van der Waals surface area contributed by atoms with Crippen molar-refractivity contribution in [1.29, 1.82) is 0 Å². The lowest BCUT2D eigenvalue weighted by Crippen LogP contribution is -2.17. The van der Waals surface area contributed by atoms with Gasteiger partial charge >= 0.3 is 11.9 Å². The van der Waals surface area contributed by atoms with Gasteiger partial charge in [0.25, 0.3) is 10.1 Å². The van der Waals surface area contributed by atoms with Crippen molar-refractivity contribution in [2.75, 3.05) is 13.2 Å². The number of esters is 2. The summed E-state index contributed by atoms with van der Waals surface area (Å²) in [4.78, 5) is 24.6. The first kappa shape index (κ1) is 28.1. The third-order valence-corrected chi connectivity index (χ3v) is 6.49. The minimum atomic E-state index is -4.63. The van der Waals surface area contributed by atoms with Crippen molar-refractivity contribution >= 4 is 22.1 Å². The average molecular weight is 471 g/mol. The van der Waals surface area contributed by atoms with Gasteiger partial charge in [-0.3, -0.25) is 4.55 Å². The van der Waals surface area contributed by atoms with E-state index in [1.807, 2.05) is 13.8 Å². The fraction of sp³-hybridized carbons (Fsp3) is 0.667. The first-order chi connectivity index (χ1) is 15.2. The van der Waals surface area contributed by atoms with E-state index >= 15 is 0 Å². The second-order valence-electron chi connectivity index (χ2n) is 8.25. The molecular formula is C24H38O7S. The molecule has 0 amide bonds. The van der Waals surface area contributed by atoms with Crippen LogP contribution >= 0.6 is 0 Å². The molecule has 0 saturated heterocycles. The van der Waals surface area contributed by atoms with Gasteiger partial charge in [0.2, 0.25) is 0 Å². The lowest BCUT2D eigenvalue weighted by atomic mass is 10.0. The molecule has 2 atom stereocenters. The normalized spacial score (nSPS) is 13.4. The molecule has 8 heteroatoms. The van der Waals surface area contributed by atoms with Gasteiger partial charge in [-0.25, -0.2) is 9.59 Å². The van der Waals surface area contributed by atoms with Gasteiger partial charge in [0.05, 0.1) is 29.2 Å². The zero-order valence-electron chi connectivity index (χ0n) is 19.8. The number of carbonyl (C=O) groups is 2. The Morgan fingerprint density at radius 1 is 0.812 bits per heavy atom. The Labute approximate surface area is 192 Å². The first-order valence-corrected chi connectivity index (χ1v) is 13.1. The van der Waals surface area contributed by atoms with E-state index in [1.165, 1.54) is 6.07 Å². The highest BCUT2D eigenvalue weighted by Gasteiger charge is 2.21. The molecule has 0 fully saturated rings. The number of hydrogen-bond donors (Lipinski definition) is 1. The monoisotopic (exact) mass is 470 g/mol. The van der Waals surface area contributed by atoms with Crippen LogP contribution in [0.25, 0.3) is 0 Å². The van der Waals surface area contributed by atoms with Gasteiger partial charge in [0, 0.05) is 0 Å². The van der Waals surface area contributed by atoms with Crippen LogP contribution in [0.4, 0.5) is 0 Å². The zero-order valence-corrected chi connectivity index (χ0v) is 20.6. The summed E-state index contributed by atoms with van der Waals surface area (Å²) in [6, 6.07) is 3.27. The highest BCUT2D eigenvalue weighted by molar-refractivity contribution is 7.85. The molecule has 0 bridgehead atoms. The Hall–Kier alpha value is -1.93. The van der Waals surface area contributed by atoms with Gasteiger partial charge in [-0.2, -0.15) is 8.42 Å². The molecule has 0 heterocycles. The van der Waals surface area contributed by atoms with E-state index < -0.39 is 27.0 Å². The summed E-state index contributed by atoms with van der Waals surface area (Å²) in [5.41, 5.74) is -0.231. The van der Waals surface area contributed by atoms with Gasteiger partial charge in [-0.1, -0.05) is 66.2 Å². The van der Waals surface area contributed by atoms with E-state index in [1.54, 1.807) is 0 Å². The van der Waals surface area contributed by atoms with Gasteiger partial charge in [0.15, 0.2) is 0 Å². The van der Waals surface area contributed by atoms with E-state index in [-0.39, 0.29) is 36.2 Å². The van der Waals surface area contributed by atoms with E-state index in [0.29, 0.717) is 0 Å². The maximum Gasteiger partial charge on any atom is 0.338 e. The van der Waals surface area contributed by atoms with Gasteiger partial charge in [0.1, 0.15) is 0 Å². The fourth-order valence-electron chi connectivity index (χ4n) is 3.33. The van der Waals surface area contributed by atoms with Crippen molar-refractivity contribution < 1.29 is 32.0 Å². The van der Waals surface area contributed by atoms with Crippen molar-refractivity contribution in [3.05, 3.63) is 29.3 Å². The average Bonchev–Trinajstić information content (AvgIpc) is 2.78. The molecule has 1 aromatic carbocycles. The minimum absolute atomic E-state index is 0.115. The molecule has 1 aromatic rings. The summed E-state index contributed by atoms with van der Waals surface area (Å²) in [7, 11) is -4.63. The third-order valence-electron chi connectivity index (χ3n) is 5.66. The molecule has 0 aromatic heterocycles. The molecule has 0 spiro atoms. The Bertz CT molecular complexity index is 782. The number of carbonyl (C=O) groups excluding carboxylic acids is 2. The molecule has 0 radical (unpaired) electrons. The standard InChI is InChI=1S/C24H38O7S/c1-5-9-11-18(7-3)16-30-23(25)20-13-21(15-22(14-20)32(27,28)29)24(26)31-17-19(8-4)12-10-6-2/h13-15,18-19H,5-12,16-17H2,1-4H3,(H,27,28,29). The molecule has 1 N–H and O–H groups in total. The van der Waals surface area contributed by atoms with Crippen LogP contribution in [-0.2, 0) is 19.6 Å². The molecule has 0 saturated carbocycles. The lowest BCUT2D eigenvalue weighted by molar-refractivity contribution is 0.0425. The number of benzene rings is 1. The van der Waals surface area contributed by atoms with Crippen molar-refractivity contribution in [3.8, 4) is 0 Å². The largest absolute Gasteiger partial charge is 0.462 e. The van der Waals surface area contributed by atoms with Crippen molar-refractivity contribution in [2.24, 2.45) is 11.8 Å². The molecule has 7 nitrogen and oxygen atoms in total. The van der Waals surface area contributed by atoms with Crippen LogP contribution in [0.5, 0.6) is 0 Å². The second kappa shape index (κ2) is 14.3. The summed E-state index contributed by atoms with van der Waals surface area (Å²) in [6.45, 7) is 8.64. The van der Waals surface area contributed by atoms with Crippen molar-refractivity contribution in [3.63, 3.8) is 0 Å². The summed E-state index contributed by atoms with van der Waals surface area (Å²) in [5, 5.41) is 0. The summed E-state index contributed by atoms with van der Waals surface area (Å²) in [6.07, 6.45) is 7.72. The number of hydrogen-bond acceptors (Lipinski definition) is 6. The lowest BCUT2D eigenvalue weighted by Gasteiger charge is -2.16. The summed E-state index contributed by atoms with van der Waals surface area (Å²) < 4.78 is 43.6. The van der Waals surface area contributed by atoms with Crippen LogP contribution in [-0.4, -0.2) is 38.1 Å². The van der Waals surface area contributed by atoms with Crippen LogP contribution in [0.2, 0.25) is 0 Å². The van der Waals surface area contributed by atoms with Crippen LogP contribution in [0.15, 0.2) is 23.1 Å². The topological polar surface area (TPSA) is 107 Å². The molecule has 32 heavy (non-hydrogen) atoms. The van der Waals surface area contributed by atoms with Crippen LogP contribution in [0, 0.1) is 11.8 Å². The van der Waals surface area contributed by atoms with Gasteiger partial charge < -0.3 is 9.47 Å². The highest BCUT2D eigenvalue weighted by atomic mass is 32.2. The first-order valence-electron chi connectivity index (χ1n) is 11.6. The molecule has 2 unspecified atom stereocenters. The molecule has 0 aliphatic rings. The third kappa shape index (κ3) is 9.69. The minimum Gasteiger partial charge on any atom is -0.462 e. The molecule has 0 aliphatic heterocycles. The van der Waals surface area contributed by atoms with E-state index in [0.717, 1.165) is 63.5 Å². The maximum absolute atomic E-state index is 12.6.